The van der Waals surface area contributed by atoms with Gasteiger partial charge in [0, 0.05) is 5.69 Å². The molecule has 1 aromatic heterocycles. The molecule has 0 fully saturated rings. The topological polar surface area (TPSA) is 88.8 Å². The predicted octanol–water partition coefficient (Wildman–Crippen LogP) is 2.47. The van der Waals surface area contributed by atoms with Gasteiger partial charge in [-0.1, -0.05) is 0 Å². The highest BCUT2D eigenvalue weighted by molar-refractivity contribution is 7.88. The number of hydrogen-bond acceptors (Lipinski definition) is 5. The van der Waals surface area contributed by atoms with Gasteiger partial charge in [-0.3, -0.25) is 4.79 Å². The number of anilines is 1. The highest BCUT2D eigenvalue weighted by atomic mass is 32.2. The molecule has 0 saturated heterocycles. The molecule has 0 aliphatic rings. The van der Waals surface area contributed by atoms with E-state index in [4.69, 9.17) is 9.15 Å². The molecular formula is C17H22N2O5S. The van der Waals surface area contributed by atoms with Gasteiger partial charge in [-0.15, -0.1) is 0 Å². The number of rotatable bonds is 8. The number of carbonyl (C=O) groups excluding carboxylic acids is 1. The van der Waals surface area contributed by atoms with Crippen molar-refractivity contribution in [1.29, 1.82) is 0 Å². The summed E-state index contributed by atoms with van der Waals surface area (Å²) in [6.45, 7) is 3.55. The molecular weight excluding hydrogens is 344 g/mol. The molecule has 1 aromatic carbocycles. The fourth-order valence-electron chi connectivity index (χ4n) is 2.12. The number of nitrogens with one attached hydrogen (secondary N) is 1. The minimum absolute atomic E-state index is 0.000416. The van der Waals surface area contributed by atoms with E-state index in [0.717, 1.165) is 10.6 Å². The van der Waals surface area contributed by atoms with Gasteiger partial charge in [-0.2, -0.15) is 4.31 Å². The molecule has 0 bridgehead atoms. The Kier molecular flexibility index (Phi) is 6.22. The van der Waals surface area contributed by atoms with Crippen molar-refractivity contribution in [2.75, 3.05) is 18.1 Å². The van der Waals surface area contributed by atoms with E-state index in [-0.39, 0.29) is 19.2 Å². The first-order chi connectivity index (χ1) is 11.7. The van der Waals surface area contributed by atoms with Gasteiger partial charge in [0.2, 0.25) is 15.9 Å². The van der Waals surface area contributed by atoms with E-state index in [2.05, 4.69) is 5.32 Å². The van der Waals surface area contributed by atoms with Gasteiger partial charge in [0.1, 0.15) is 11.5 Å². The Morgan fingerprint density at radius 2 is 1.92 bits per heavy atom. The molecule has 2 rings (SSSR count). The summed E-state index contributed by atoms with van der Waals surface area (Å²) < 4.78 is 35.5. The van der Waals surface area contributed by atoms with Gasteiger partial charge in [0.25, 0.3) is 0 Å². The van der Waals surface area contributed by atoms with Crippen LogP contribution in [0.5, 0.6) is 5.75 Å². The van der Waals surface area contributed by atoms with Gasteiger partial charge in [0.05, 0.1) is 31.7 Å². The maximum absolute atomic E-state index is 12.2. The molecule has 8 heteroatoms. The molecule has 0 radical (unpaired) electrons. The number of carbonyl (C=O) groups is 1. The van der Waals surface area contributed by atoms with Crippen LogP contribution in [0.25, 0.3) is 0 Å². The largest absolute Gasteiger partial charge is 0.491 e. The summed E-state index contributed by atoms with van der Waals surface area (Å²) in [5, 5.41) is 2.67. The van der Waals surface area contributed by atoms with Crippen LogP contribution in [0.1, 0.15) is 19.6 Å². The van der Waals surface area contributed by atoms with Crippen LogP contribution in [-0.2, 0) is 21.4 Å². The zero-order chi connectivity index (χ0) is 18.4. The standard InChI is InChI=1S/C17H22N2O5S/c1-13(2)24-15-8-6-14(7-9-15)18-17(20)12-19(25(3,21)22)11-16-5-4-10-23-16/h4-10,13H,11-12H2,1-3H3,(H,18,20). The Bertz CT molecular complexity index is 783. The van der Waals surface area contributed by atoms with Gasteiger partial charge < -0.3 is 14.5 Å². The average molecular weight is 366 g/mol. The quantitative estimate of drug-likeness (QED) is 0.775. The Morgan fingerprint density at radius 1 is 1.24 bits per heavy atom. The van der Waals surface area contributed by atoms with Gasteiger partial charge in [0.15, 0.2) is 0 Å². The van der Waals surface area contributed by atoms with E-state index in [1.807, 2.05) is 13.8 Å². The highest BCUT2D eigenvalue weighted by Crippen LogP contribution is 2.17. The minimum Gasteiger partial charge on any atom is -0.491 e. The van der Waals surface area contributed by atoms with Gasteiger partial charge in [-0.25, -0.2) is 8.42 Å². The number of furan rings is 1. The van der Waals surface area contributed by atoms with Crippen molar-refractivity contribution < 1.29 is 22.4 Å². The smallest absolute Gasteiger partial charge is 0.239 e. The maximum atomic E-state index is 12.2. The number of benzene rings is 1. The van der Waals surface area contributed by atoms with Crippen molar-refractivity contribution in [3.05, 3.63) is 48.4 Å². The second kappa shape index (κ2) is 8.17. The van der Waals surface area contributed by atoms with Crippen LogP contribution in [0.4, 0.5) is 5.69 Å². The third-order valence-corrected chi connectivity index (χ3v) is 4.41. The molecule has 7 nitrogen and oxygen atoms in total. The molecule has 0 atom stereocenters. The Labute approximate surface area is 147 Å². The third-order valence-electron chi connectivity index (χ3n) is 3.21. The fraction of sp³-hybridized carbons (Fsp3) is 0.353. The molecule has 136 valence electrons. The molecule has 0 saturated carbocycles. The molecule has 1 N–H and O–H groups in total. The summed E-state index contributed by atoms with van der Waals surface area (Å²) in [5.41, 5.74) is 0.563. The molecule has 1 amide bonds. The van der Waals surface area contributed by atoms with Crippen LogP contribution in [0.3, 0.4) is 0 Å². The third kappa shape index (κ3) is 6.24. The van der Waals surface area contributed by atoms with Crippen molar-refractivity contribution in [2.45, 2.75) is 26.5 Å². The first kappa shape index (κ1) is 19.0. The van der Waals surface area contributed by atoms with E-state index in [0.29, 0.717) is 17.2 Å². The fourth-order valence-corrected chi connectivity index (χ4v) is 2.83. The van der Waals surface area contributed by atoms with Crippen LogP contribution in [0.2, 0.25) is 0 Å². The van der Waals surface area contributed by atoms with Crippen LogP contribution in [-0.4, -0.2) is 37.5 Å². The van der Waals surface area contributed by atoms with Crippen molar-refractivity contribution in [2.24, 2.45) is 0 Å². The number of hydrogen-bond donors (Lipinski definition) is 1. The maximum Gasteiger partial charge on any atom is 0.239 e. The molecule has 0 unspecified atom stereocenters. The second-order valence-electron chi connectivity index (χ2n) is 5.85. The lowest BCUT2D eigenvalue weighted by atomic mass is 10.3. The molecule has 25 heavy (non-hydrogen) atoms. The lowest BCUT2D eigenvalue weighted by molar-refractivity contribution is -0.116. The molecule has 0 spiro atoms. The monoisotopic (exact) mass is 366 g/mol. The lowest BCUT2D eigenvalue weighted by Crippen LogP contribution is -2.36. The summed E-state index contributed by atoms with van der Waals surface area (Å²) in [4.78, 5) is 12.2. The summed E-state index contributed by atoms with van der Waals surface area (Å²) >= 11 is 0. The van der Waals surface area contributed by atoms with E-state index >= 15 is 0 Å². The van der Waals surface area contributed by atoms with E-state index < -0.39 is 15.9 Å². The normalized spacial score (nSPS) is 11.7. The molecule has 0 aliphatic carbocycles. The minimum atomic E-state index is -3.56. The van der Waals surface area contributed by atoms with E-state index in [1.54, 1.807) is 36.4 Å². The Hall–Kier alpha value is -2.32. The van der Waals surface area contributed by atoms with Crippen molar-refractivity contribution in [3.8, 4) is 5.75 Å². The second-order valence-corrected chi connectivity index (χ2v) is 7.83. The summed E-state index contributed by atoms with van der Waals surface area (Å²) in [7, 11) is -3.56. The van der Waals surface area contributed by atoms with Crippen molar-refractivity contribution in [1.82, 2.24) is 4.31 Å². The molecule has 2 aromatic rings. The highest BCUT2D eigenvalue weighted by Gasteiger charge is 2.21. The van der Waals surface area contributed by atoms with Crippen LogP contribution < -0.4 is 10.1 Å². The van der Waals surface area contributed by atoms with Crippen molar-refractivity contribution in [3.63, 3.8) is 0 Å². The predicted molar refractivity (Wildman–Crippen MR) is 94.8 cm³/mol. The number of sulfonamides is 1. The lowest BCUT2D eigenvalue weighted by Gasteiger charge is -2.18. The first-order valence-electron chi connectivity index (χ1n) is 7.78. The van der Waals surface area contributed by atoms with Crippen LogP contribution in [0.15, 0.2) is 47.1 Å². The van der Waals surface area contributed by atoms with Crippen molar-refractivity contribution >= 4 is 21.6 Å². The average Bonchev–Trinajstić information content (AvgIpc) is 3.00. The number of nitrogens with zero attached hydrogens (tertiary/aromatic N) is 1. The number of ether oxygens (including phenoxy) is 1. The summed E-state index contributed by atoms with van der Waals surface area (Å²) in [6.07, 6.45) is 2.57. The zero-order valence-electron chi connectivity index (χ0n) is 14.4. The zero-order valence-corrected chi connectivity index (χ0v) is 15.2. The molecule has 1 heterocycles. The molecule has 0 aliphatic heterocycles. The van der Waals surface area contributed by atoms with Crippen LogP contribution >= 0.6 is 0 Å². The van der Waals surface area contributed by atoms with E-state index in [1.165, 1.54) is 6.26 Å². The number of amides is 1. The van der Waals surface area contributed by atoms with E-state index in [9.17, 15) is 13.2 Å². The Morgan fingerprint density at radius 3 is 2.44 bits per heavy atom. The Balaban J connectivity index is 1.98. The van der Waals surface area contributed by atoms with Crippen LogP contribution in [0, 0.1) is 0 Å². The summed E-state index contributed by atoms with van der Waals surface area (Å²) in [5.74, 6) is 0.728. The SMILES string of the molecule is CC(C)Oc1ccc(NC(=O)CN(Cc2ccco2)S(C)(=O)=O)cc1. The van der Waals surface area contributed by atoms with Gasteiger partial charge >= 0.3 is 0 Å². The van der Waals surface area contributed by atoms with Gasteiger partial charge in [-0.05, 0) is 50.2 Å². The first-order valence-corrected chi connectivity index (χ1v) is 9.63. The summed E-state index contributed by atoms with van der Waals surface area (Å²) in [6, 6.07) is 10.2.